The molecule has 0 atom stereocenters. The van der Waals surface area contributed by atoms with E-state index >= 15 is 0 Å². The maximum Gasteiger partial charge on any atom is 0.277 e. The van der Waals surface area contributed by atoms with Crippen LogP contribution in [0.3, 0.4) is 0 Å². The van der Waals surface area contributed by atoms with Crippen molar-refractivity contribution in [2.75, 3.05) is 19.6 Å². The molecular weight excluding hydrogens is 312 g/mol. The van der Waals surface area contributed by atoms with Crippen LogP contribution in [0.1, 0.15) is 57.4 Å². The lowest BCUT2D eigenvalue weighted by Crippen LogP contribution is -2.37. The molecule has 0 N–H and O–H groups in total. The summed E-state index contributed by atoms with van der Waals surface area (Å²) in [6.45, 7) is 4.43. The molecule has 25 heavy (non-hydrogen) atoms. The molecule has 3 rings (SSSR count). The third-order valence-electron chi connectivity index (χ3n) is 5.11. The summed E-state index contributed by atoms with van der Waals surface area (Å²) in [5, 5.41) is 0. The van der Waals surface area contributed by atoms with E-state index in [9.17, 15) is 9.59 Å². The first-order valence-electron chi connectivity index (χ1n) is 9.65. The molecule has 1 fully saturated rings. The molecule has 2 aliphatic heterocycles. The van der Waals surface area contributed by atoms with Gasteiger partial charge in [-0.3, -0.25) is 14.5 Å². The lowest BCUT2D eigenvalue weighted by Gasteiger charge is -2.29. The Bertz CT molecular complexity index is 645. The summed E-state index contributed by atoms with van der Waals surface area (Å²) in [5.41, 5.74) is 2.09. The Morgan fingerprint density at radius 2 is 1.60 bits per heavy atom. The molecule has 0 aromatic heterocycles. The lowest BCUT2D eigenvalue weighted by molar-refractivity contribution is -0.137. The minimum Gasteiger partial charge on any atom is -0.366 e. The molecule has 0 bridgehead atoms. The predicted molar refractivity (Wildman–Crippen MR) is 99.6 cm³/mol. The van der Waals surface area contributed by atoms with Crippen molar-refractivity contribution in [3.63, 3.8) is 0 Å². The highest BCUT2D eigenvalue weighted by atomic mass is 16.2. The molecule has 0 aliphatic carbocycles. The molecule has 2 heterocycles. The van der Waals surface area contributed by atoms with Gasteiger partial charge in [-0.2, -0.15) is 0 Å². The fourth-order valence-corrected chi connectivity index (χ4v) is 3.74. The first kappa shape index (κ1) is 17.7. The smallest absolute Gasteiger partial charge is 0.277 e. The topological polar surface area (TPSA) is 40.6 Å². The van der Waals surface area contributed by atoms with Gasteiger partial charge in [0, 0.05) is 19.6 Å². The highest BCUT2D eigenvalue weighted by molar-refractivity contribution is 6.35. The number of carbonyl (C=O) groups is 2. The fraction of sp³-hybridized carbons (Fsp3) is 0.524. The zero-order valence-corrected chi connectivity index (χ0v) is 15.2. The van der Waals surface area contributed by atoms with Crippen LogP contribution in [0, 0.1) is 0 Å². The first-order valence-corrected chi connectivity index (χ1v) is 9.65. The minimum absolute atomic E-state index is 0.0951. The highest BCUT2D eigenvalue weighted by Gasteiger charge is 2.41. The minimum atomic E-state index is -0.117. The van der Waals surface area contributed by atoms with Crippen LogP contribution in [-0.4, -0.2) is 41.2 Å². The van der Waals surface area contributed by atoms with Crippen molar-refractivity contribution >= 4 is 17.4 Å². The average Bonchev–Trinajstić information content (AvgIpc) is 2.91. The molecule has 0 saturated carbocycles. The number of unbranched alkanes of at least 4 members (excludes halogenated alkanes) is 3. The summed E-state index contributed by atoms with van der Waals surface area (Å²) >= 11 is 0. The van der Waals surface area contributed by atoms with Crippen LogP contribution in [0.15, 0.2) is 36.0 Å². The zero-order chi connectivity index (χ0) is 17.6. The molecule has 0 unspecified atom stereocenters. The number of benzene rings is 1. The first-order chi connectivity index (χ1) is 12.2. The number of hydrogen-bond acceptors (Lipinski definition) is 3. The van der Waals surface area contributed by atoms with Gasteiger partial charge < -0.3 is 4.90 Å². The number of piperidine rings is 1. The standard InChI is InChI=1S/C21H28N2O2/c1-2-3-4-11-16-23-20(24)18(17-12-7-5-8-13-17)19(21(23)25)22-14-9-6-10-15-22/h5,7-8,12-13H,2-4,6,9-11,14-16H2,1H3. The van der Waals surface area contributed by atoms with E-state index in [0.717, 1.165) is 57.2 Å². The number of likely N-dealkylation sites (tertiary alicyclic amines) is 1. The maximum absolute atomic E-state index is 13.1. The predicted octanol–water partition coefficient (Wildman–Crippen LogP) is 3.83. The Kier molecular flexibility index (Phi) is 5.90. The molecule has 2 aliphatic rings. The van der Waals surface area contributed by atoms with Gasteiger partial charge in [0.15, 0.2) is 0 Å². The van der Waals surface area contributed by atoms with Crippen molar-refractivity contribution in [1.82, 2.24) is 9.80 Å². The second-order valence-electron chi connectivity index (χ2n) is 6.96. The van der Waals surface area contributed by atoms with Gasteiger partial charge in [-0.1, -0.05) is 56.5 Å². The van der Waals surface area contributed by atoms with E-state index in [2.05, 4.69) is 11.8 Å². The van der Waals surface area contributed by atoms with Gasteiger partial charge in [0.2, 0.25) is 0 Å². The molecule has 0 radical (unpaired) electrons. The maximum atomic E-state index is 13.1. The van der Waals surface area contributed by atoms with Crippen molar-refractivity contribution in [2.24, 2.45) is 0 Å². The van der Waals surface area contributed by atoms with Gasteiger partial charge in [-0.05, 0) is 31.2 Å². The van der Waals surface area contributed by atoms with E-state index in [0.29, 0.717) is 17.8 Å². The molecule has 1 saturated heterocycles. The van der Waals surface area contributed by atoms with Gasteiger partial charge >= 0.3 is 0 Å². The van der Waals surface area contributed by atoms with Gasteiger partial charge in [0.05, 0.1) is 5.57 Å². The van der Waals surface area contributed by atoms with Crippen LogP contribution in [0.2, 0.25) is 0 Å². The van der Waals surface area contributed by atoms with Gasteiger partial charge in [0.25, 0.3) is 11.8 Å². The second kappa shape index (κ2) is 8.32. The van der Waals surface area contributed by atoms with Gasteiger partial charge in [0.1, 0.15) is 5.70 Å². The SMILES string of the molecule is CCCCCCN1C(=O)C(c2ccccc2)=C(N2CCCCC2)C1=O. The summed E-state index contributed by atoms with van der Waals surface area (Å²) < 4.78 is 0. The third kappa shape index (κ3) is 3.78. The van der Waals surface area contributed by atoms with Crippen LogP contribution < -0.4 is 0 Å². The van der Waals surface area contributed by atoms with E-state index in [4.69, 9.17) is 0 Å². The third-order valence-corrected chi connectivity index (χ3v) is 5.11. The van der Waals surface area contributed by atoms with E-state index < -0.39 is 0 Å². The molecular formula is C21H28N2O2. The Hall–Kier alpha value is -2.10. The van der Waals surface area contributed by atoms with E-state index in [-0.39, 0.29) is 11.8 Å². The van der Waals surface area contributed by atoms with Crippen LogP contribution in [0.25, 0.3) is 5.57 Å². The molecule has 134 valence electrons. The van der Waals surface area contributed by atoms with E-state index in [1.54, 1.807) is 0 Å². The Labute approximate surface area is 150 Å². The van der Waals surface area contributed by atoms with Crippen LogP contribution >= 0.6 is 0 Å². The van der Waals surface area contributed by atoms with Crippen molar-refractivity contribution < 1.29 is 9.59 Å². The summed E-state index contributed by atoms with van der Waals surface area (Å²) in [5.74, 6) is -0.212. The molecule has 4 heteroatoms. The van der Waals surface area contributed by atoms with Crippen molar-refractivity contribution in [1.29, 1.82) is 0 Å². The molecule has 4 nitrogen and oxygen atoms in total. The largest absolute Gasteiger partial charge is 0.366 e. The van der Waals surface area contributed by atoms with Gasteiger partial charge in [-0.15, -0.1) is 0 Å². The van der Waals surface area contributed by atoms with Crippen molar-refractivity contribution in [3.05, 3.63) is 41.6 Å². The molecule has 2 amide bonds. The Morgan fingerprint density at radius 3 is 2.28 bits per heavy atom. The van der Waals surface area contributed by atoms with Crippen LogP contribution in [-0.2, 0) is 9.59 Å². The summed E-state index contributed by atoms with van der Waals surface area (Å²) in [6.07, 6.45) is 7.62. The summed E-state index contributed by atoms with van der Waals surface area (Å²) in [4.78, 5) is 29.7. The number of nitrogens with zero attached hydrogens (tertiary/aromatic N) is 2. The summed E-state index contributed by atoms with van der Waals surface area (Å²) in [7, 11) is 0. The molecule has 1 aromatic carbocycles. The van der Waals surface area contributed by atoms with Crippen LogP contribution in [0.4, 0.5) is 0 Å². The number of rotatable bonds is 7. The van der Waals surface area contributed by atoms with Crippen molar-refractivity contribution in [3.8, 4) is 0 Å². The molecule has 1 aromatic rings. The Balaban J connectivity index is 1.88. The highest BCUT2D eigenvalue weighted by Crippen LogP contribution is 2.33. The average molecular weight is 340 g/mol. The monoisotopic (exact) mass is 340 g/mol. The fourth-order valence-electron chi connectivity index (χ4n) is 3.74. The number of amides is 2. The normalized spacial score (nSPS) is 18.4. The van der Waals surface area contributed by atoms with Crippen LogP contribution in [0.5, 0.6) is 0 Å². The van der Waals surface area contributed by atoms with E-state index in [1.165, 1.54) is 11.3 Å². The number of carbonyl (C=O) groups excluding carboxylic acids is 2. The number of imide groups is 1. The number of hydrogen-bond donors (Lipinski definition) is 0. The zero-order valence-electron chi connectivity index (χ0n) is 15.2. The Morgan fingerprint density at radius 1 is 0.880 bits per heavy atom. The van der Waals surface area contributed by atoms with E-state index in [1.807, 2.05) is 30.3 Å². The second-order valence-corrected chi connectivity index (χ2v) is 6.96. The lowest BCUT2D eigenvalue weighted by atomic mass is 10.0. The summed E-state index contributed by atoms with van der Waals surface area (Å²) in [6, 6.07) is 9.67. The quantitative estimate of drug-likeness (QED) is 0.559. The van der Waals surface area contributed by atoms with Gasteiger partial charge in [-0.25, -0.2) is 0 Å². The van der Waals surface area contributed by atoms with Crippen molar-refractivity contribution in [2.45, 2.75) is 51.9 Å². The molecule has 0 spiro atoms.